The molecule has 1 heterocycles. The van der Waals surface area contributed by atoms with E-state index < -0.39 is 0 Å². The molecule has 0 spiro atoms. The van der Waals surface area contributed by atoms with E-state index in [9.17, 15) is 4.79 Å². The Hall–Kier alpha value is -1.09. The van der Waals surface area contributed by atoms with Crippen LogP contribution in [0, 0.1) is 0 Å². The van der Waals surface area contributed by atoms with Gasteiger partial charge in [0.05, 0.1) is 15.7 Å². The topological polar surface area (TPSA) is 30.0 Å². The number of hydrogen-bond donors (Lipinski definition) is 0. The van der Waals surface area contributed by atoms with Crippen molar-refractivity contribution in [2.45, 2.75) is 0 Å². The number of aromatic nitrogens is 1. The summed E-state index contributed by atoms with van der Waals surface area (Å²) in [5.41, 5.74) is 1.53. The highest BCUT2D eigenvalue weighted by Crippen LogP contribution is 2.31. The number of carbonyl (C=O) groups is 1. The summed E-state index contributed by atoms with van der Waals surface area (Å²) < 4.78 is 0. The molecule has 0 saturated heterocycles. The Morgan fingerprint density at radius 3 is 2.47 bits per heavy atom. The minimum atomic E-state index is 0.390. The van der Waals surface area contributed by atoms with E-state index in [-0.39, 0.29) is 0 Å². The fourth-order valence-corrected chi connectivity index (χ4v) is 2.12. The average Bonchev–Trinajstić information content (AvgIpc) is 2.30. The number of benzene rings is 1. The number of aldehydes is 1. The van der Waals surface area contributed by atoms with Gasteiger partial charge in [0.15, 0.2) is 6.29 Å². The van der Waals surface area contributed by atoms with E-state index in [0.29, 0.717) is 38.2 Å². The standard InChI is InChI=1S/C12H6Cl3NO/c13-8-1-2-10(11(15)4-8)12-7(6-17)3-9(14)5-16-12/h1-6H. The molecule has 0 amide bonds. The summed E-state index contributed by atoms with van der Waals surface area (Å²) in [5, 5.41) is 1.37. The molecule has 0 fully saturated rings. The Balaban J connectivity index is 2.63. The van der Waals surface area contributed by atoms with Crippen molar-refractivity contribution in [3.8, 4) is 11.3 Å². The van der Waals surface area contributed by atoms with Crippen molar-refractivity contribution in [3.63, 3.8) is 0 Å². The van der Waals surface area contributed by atoms with Gasteiger partial charge < -0.3 is 0 Å². The lowest BCUT2D eigenvalue weighted by Crippen LogP contribution is -1.92. The molecule has 5 heteroatoms. The van der Waals surface area contributed by atoms with Crippen LogP contribution in [0.25, 0.3) is 11.3 Å². The molecule has 0 atom stereocenters. The van der Waals surface area contributed by atoms with Crippen molar-refractivity contribution < 1.29 is 4.79 Å². The molecular weight excluding hydrogens is 280 g/mol. The van der Waals surface area contributed by atoms with E-state index in [1.165, 1.54) is 6.20 Å². The van der Waals surface area contributed by atoms with Gasteiger partial charge in [-0.3, -0.25) is 9.78 Å². The van der Waals surface area contributed by atoms with Crippen molar-refractivity contribution in [2.75, 3.05) is 0 Å². The smallest absolute Gasteiger partial charge is 0.152 e. The lowest BCUT2D eigenvalue weighted by Gasteiger charge is -2.06. The second-order valence-electron chi connectivity index (χ2n) is 3.33. The van der Waals surface area contributed by atoms with E-state index in [1.807, 2.05) is 0 Å². The first-order valence-corrected chi connectivity index (χ1v) is 5.81. The summed E-state index contributed by atoms with van der Waals surface area (Å²) in [6, 6.07) is 6.55. The molecule has 0 radical (unpaired) electrons. The fourth-order valence-electron chi connectivity index (χ4n) is 1.45. The second kappa shape index (κ2) is 5.05. The molecule has 0 aliphatic carbocycles. The number of hydrogen-bond acceptors (Lipinski definition) is 2. The van der Waals surface area contributed by atoms with Gasteiger partial charge in [0.2, 0.25) is 0 Å². The lowest BCUT2D eigenvalue weighted by atomic mass is 10.1. The fraction of sp³-hybridized carbons (Fsp3) is 0. The lowest BCUT2D eigenvalue weighted by molar-refractivity contribution is 0.112. The normalized spacial score (nSPS) is 10.3. The Bertz CT molecular complexity index is 584. The van der Waals surface area contributed by atoms with Gasteiger partial charge in [-0.05, 0) is 24.3 Å². The molecule has 2 rings (SSSR count). The van der Waals surface area contributed by atoms with Crippen LogP contribution in [0.2, 0.25) is 15.1 Å². The molecule has 0 aliphatic heterocycles. The second-order valence-corrected chi connectivity index (χ2v) is 4.61. The molecule has 17 heavy (non-hydrogen) atoms. The minimum absolute atomic E-state index is 0.390. The van der Waals surface area contributed by atoms with Crippen LogP contribution in [-0.4, -0.2) is 11.3 Å². The largest absolute Gasteiger partial charge is 0.298 e. The molecule has 0 unspecified atom stereocenters. The Morgan fingerprint density at radius 2 is 1.82 bits per heavy atom. The first-order valence-electron chi connectivity index (χ1n) is 4.68. The van der Waals surface area contributed by atoms with Crippen LogP contribution in [0.4, 0.5) is 0 Å². The van der Waals surface area contributed by atoms with Gasteiger partial charge in [-0.1, -0.05) is 34.8 Å². The predicted molar refractivity (Wildman–Crippen MR) is 70.1 cm³/mol. The van der Waals surface area contributed by atoms with E-state index in [0.717, 1.165) is 0 Å². The Morgan fingerprint density at radius 1 is 1.06 bits per heavy atom. The van der Waals surface area contributed by atoms with Gasteiger partial charge in [0.25, 0.3) is 0 Å². The molecule has 0 saturated carbocycles. The third kappa shape index (κ3) is 2.60. The number of pyridine rings is 1. The van der Waals surface area contributed by atoms with Crippen molar-refractivity contribution >= 4 is 41.1 Å². The molecule has 0 N–H and O–H groups in total. The van der Waals surface area contributed by atoms with Gasteiger partial charge in [0, 0.05) is 22.3 Å². The maximum Gasteiger partial charge on any atom is 0.152 e. The van der Waals surface area contributed by atoms with Crippen LogP contribution in [0.1, 0.15) is 10.4 Å². The summed E-state index contributed by atoms with van der Waals surface area (Å²) in [5.74, 6) is 0. The van der Waals surface area contributed by atoms with Crippen molar-refractivity contribution in [3.05, 3.63) is 51.1 Å². The highest BCUT2D eigenvalue weighted by molar-refractivity contribution is 6.36. The van der Waals surface area contributed by atoms with E-state index in [2.05, 4.69) is 4.98 Å². The van der Waals surface area contributed by atoms with Crippen molar-refractivity contribution in [1.82, 2.24) is 4.98 Å². The van der Waals surface area contributed by atoms with Crippen LogP contribution in [0.3, 0.4) is 0 Å². The van der Waals surface area contributed by atoms with Crippen LogP contribution in [-0.2, 0) is 0 Å². The van der Waals surface area contributed by atoms with Crippen LogP contribution in [0.5, 0.6) is 0 Å². The average molecular weight is 287 g/mol. The van der Waals surface area contributed by atoms with Crippen LogP contribution >= 0.6 is 34.8 Å². The number of rotatable bonds is 2. The molecular formula is C12H6Cl3NO. The molecule has 0 aliphatic rings. The zero-order valence-corrected chi connectivity index (χ0v) is 10.7. The van der Waals surface area contributed by atoms with E-state index in [4.69, 9.17) is 34.8 Å². The summed E-state index contributed by atoms with van der Waals surface area (Å²) in [4.78, 5) is 15.1. The molecule has 86 valence electrons. The van der Waals surface area contributed by atoms with Gasteiger partial charge in [-0.25, -0.2) is 0 Å². The van der Waals surface area contributed by atoms with Gasteiger partial charge in [-0.2, -0.15) is 0 Å². The van der Waals surface area contributed by atoms with Crippen molar-refractivity contribution in [1.29, 1.82) is 0 Å². The predicted octanol–water partition coefficient (Wildman–Crippen LogP) is 4.52. The summed E-state index contributed by atoms with van der Waals surface area (Å²) in [6.07, 6.45) is 2.16. The Labute approximate surface area is 113 Å². The van der Waals surface area contributed by atoms with Gasteiger partial charge in [0.1, 0.15) is 0 Å². The first kappa shape index (κ1) is 12.4. The van der Waals surface area contributed by atoms with Gasteiger partial charge >= 0.3 is 0 Å². The van der Waals surface area contributed by atoms with E-state index >= 15 is 0 Å². The highest BCUT2D eigenvalue weighted by Gasteiger charge is 2.11. The number of carbonyl (C=O) groups excluding carboxylic acids is 1. The molecule has 2 nitrogen and oxygen atoms in total. The zero-order chi connectivity index (χ0) is 12.4. The summed E-state index contributed by atoms with van der Waals surface area (Å²) >= 11 is 17.6. The SMILES string of the molecule is O=Cc1cc(Cl)cnc1-c1ccc(Cl)cc1Cl. The monoisotopic (exact) mass is 285 g/mol. The first-order chi connectivity index (χ1) is 8.11. The van der Waals surface area contributed by atoms with Crippen molar-refractivity contribution in [2.24, 2.45) is 0 Å². The third-order valence-corrected chi connectivity index (χ3v) is 2.95. The number of halogens is 3. The molecule has 1 aromatic carbocycles. The maximum atomic E-state index is 11.0. The Kier molecular flexibility index (Phi) is 3.67. The summed E-state index contributed by atoms with van der Waals surface area (Å²) in [7, 11) is 0. The van der Waals surface area contributed by atoms with Crippen LogP contribution in [0.15, 0.2) is 30.5 Å². The quantitative estimate of drug-likeness (QED) is 0.760. The zero-order valence-electron chi connectivity index (χ0n) is 8.45. The third-order valence-electron chi connectivity index (χ3n) is 2.20. The molecule has 0 bridgehead atoms. The highest BCUT2D eigenvalue weighted by atomic mass is 35.5. The molecule has 1 aromatic heterocycles. The maximum absolute atomic E-state index is 11.0. The van der Waals surface area contributed by atoms with Crippen LogP contribution < -0.4 is 0 Å². The summed E-state index contributed by atoms with van der Waals surface area (Å²) in [6.45, 7) is 0. The van der Waals surface area contributed by atoms with E-state index in [1.54, 1.807) is 24.3 Å². The van der Waals surface area contributed by atoms with Gasteiger partial charge in [-0.15, -0.1) is 0 Å². The molecule has 2 aromatic rings. The number of nitrogens with zero attached hydrogens (tertiary/aromatic N) is 1. The minimum Gasteiger partial charge on any atom is -0.298 e.